The number of piperazine rings is 1. The molecule has 1 heterocycles. The van der Waals surface area contributed by atoms with Crippen LogP contribution >= 0.6 is 11.6 Å². The van der Waals surface area contributed by atoms with Crippen LogP contribution in [0.15, 0.2) is 48.5 Å². The maximum absolute atomic E-state index is 12.5. The van der Waals surface area contributed by atoms with Crippen LogP contribution in [-0.4, -0.2) is 41.0 Å². The normalized spacial score (nSPS) is 17.2. The van der Waals surface area contributed by atoms with Crippen molar-refractivity contribution in [3.05, 3.63) is 64.7 Å². The molecule has 0 saturated carbocycles. The van der Waals surface area contributed by atoms with E-state index in [1.807, 2.05) is 30.3 Å². The fraction of sp³-hybridized carbons (Fsp3) is 0.263. The van der Waals surface area contributed by atoms with Gasteiger partial charge in [0.05, 0.1) is 24.0 Å². The first-order valence-corrected chi connectivity index (χ1v) is 8.47. The molecule has 0 unspecified atom stereocenters. The first-order valence-electron chi connectivity index (χ1n) is 8.10. The lowest BCUT2D eigenvalue weighted by atomic mass is 10.0. The molecule has 0 radical (unpaired) electrons. The Morgan fingerprint density at radius 2 is 1.96 bits per heavy atom. The molecule has 25 heavy (non-hydrogen) atoms. The Kier molecular flexibility index (Phi) is 5.24. The number of benzene rings is 2. The van der Waals surface area contributed by atoms with Gasteiger partial charge in [-0.3, -0.25) is 9.59 Å². The number of hydrogen-bond donors (Lipinski definition) is 2. The maximum Gasteiger partial charge on any atom is 0.239 e. The summed E-state index contributed by atoms with van der Waals surface area (Å²) >= 11 is 5.88. The van der Waals surface area contributed by atoms with Crippen LogP contribution < -0.4 is 5.32 Å². The van der Waals surface area contributed by atoms with E-state index in [1.165, 1.54) is 6.07 Å². The molecule has 1 atom stereocenters. The van der Waals surface area contributed by atoms with Gasteiger partial charge >= 0.3 is 0 Å². The number of hydrogen-bond acceptors (Lipinski definition) is 3. The summed E-state index contributed by atoms with van der Waals surface area (Å²) in [5, 5.41) is 12.6. The average Bonchev–Trinajstić information content (AvgIpc) is 2.58. The lowest BCUT2D eigenvalue weighted by molar-refractivity contribution is -0.139. The highest BCUT2D eigenvalue weighted by Gasteiger charge is 2.28. The standard InChI is InChI=1S/C19H19ClN2O3/c20-16-9-14(6-7-17(16)23)10-19(25)22-11-15(21-18(24)12-22)8-13-4-2-1-3-5-13/h1-7,9,15,23H,8,10-12H2,(H,21,24)/t15-/m0/s1. The summed E-state index contributed by atoms with van der Waals surface area (Å²) in [5.74, 6) is -0.294. The van der Waals surface area contributed by atoms with Crippen molar-refractivity contribution in [1.82, 2.24) is 10.2 Å². The number of aromatic hydroxyl groups is 1. The highest BCUT2D eigenvalue weighted by Crippen LogP contribution is 2.24. The fourth-order valence-corrected chi connectivity index (χ4v) is 3.18. The Hall–Kier alpha value is -2.53. The van der Waals surface area contributed by atoms with E-state index in [2.05, 4.69) is 5.32 Å². The number of phenols is 1. The number of nitrogens with one attached hydrogen (secondary N) is 1. The minimum Gasteiger partial charge on any atom is -0.506 e. The number of phenolic OH excluding ortho intramolecular Hbond substituents is 1. The van der Waals surface area contributed by atoms with E-state index in [9.17, 15) is 14.7 Å². The first kappa shape index (κ1) is 17.3. The molecule has 2 aromatic carbocycles. The Morgan fingerprint density at radius 1 is 1.20 bits per heavy atom. The highest BCUT2D eigenvalue weighted by molar-refractivity contribution is 6.32. The molecule has 1 saturated heterocycles. The van der Waals surface area contributed by atoms with Crippen LogP contribution in [0.25, 0.3) is 0 Å². The molecule has 0 aromatic heterocycles. The van der Waals surface area contributed by atoms with Crippen molar-refractivity contribution >= 4 is 23.4 Å². The van der Waals surface area contributed by atoms with Gasteiger partial charge in [-0.1, -0.05) is 48.0 Å². The summed E-state index contributed by atoms with van der Waals surface area (Å²) in [6, 6.07) is 14.5. The quantitative estimate of drug-likeness (QED) is 0.880. The zero-order valence-corrected chi connectivity index (χ0v) is 14.4. The number of halogens is 1. The van der Waals surface area contributed by atoms with Gasteiger partial charge in [-0.05, 0) is 29.7 Å². The lowest BCUT2D eigenvalue weighted by Crippen LogP contribution is -2.56. The molecule has 2 amide bonds. The Morgan fingerprint density at radius 3 is 2.68 bits per heavy atom. The first-order chi connectivity index (χ1) is 12.0. The lowest BCUT2D eigenvalue weighted by Gasteiger charge is -2.33. The van der Waals surface area contributed by atoms with Crippen LogP contribution in [0.1, 0.15) is 11.1 Å². The summed E-state index contributed by atoms with van der Waals surface area (Å²) < 4.78 is 0. The summed E-state index contributed by atoms with van der Waals surface area (Å²) in [6.07, 6.45) is 0.826. The largest absolute Gasteiger partial charge is 0.506 e. The Bertz CT molecular complexity index is 779. The van der Waals surface area contributed by atoms with E-state index in [0.717, 1.165) is 5.56 Å². The minimum atomic E-state index is -0.149. The van der Waals surface area contributed by atoms with Gasteiger partial charge in [0.1, 0.15) is 5.75 Å². The predicted molar refractivity (Wildman–Crippen MR) is 95.5 cm³/mol. The Balaban J connectivity index is 1.65. The van der Waals surface area contributed by atoms with Crippen LogP contribution in [0.2, 0.25) is 5.02 Å². The Labute approximate surface area is 151 Å². The van der Waals surface area contributed by atoms with Crippen molar-refractivity contribution in [2.24, 2.45) is 0 Å². The van der Waals surface area contributed by atoms with E-state index >= 15 is 0 Å². The van der Waals surface area contributed by atoms with Gasteiger partial charge in [-0.15, -0.1) is 0 Å². The van der Waals surface area contributed by atoms with Crippen LogP contribution in [0.5, 0.6) is 5.75 Å². The molecule has 2 N–H and O–H groups in total. The molecule has 6 heteroatoms. The van der Waals surface area contributed by atoms with Gasteiger partial charge in [0, 0.05) is 6.54 Å². The van der Waals surface area contributed by atoms with E-state index in [0.29, 0.717) is 18.5 Å². The van der Waals surface area contributed by atoms with Crippen molar-refractivity contribution in [1.29, 1.82) is 0 Å². The van der Waals surface area contributed by atoms with Crippen molar-refractivity contribution in [2.45, 2.75) is 18.9 Å². The van der Waals surface area contributed by atoms with Crippen LogP contribution in [0.3, 0.4) is 0 Å². The molecule has 5 nitrogen and oxygen atoms in total. The van der Waals surface area contributed by atoms with Gasteiger partial charge in [-0.2, -0.15) is 0 Å². The second-order valence-corrected chi connectivity index (χ2v) is 6.60. The molecule has 2 aromatic rings. The monoisotopic (exact) mass is 358 g/mol. The van der Waals surface area contributed by atoms with Crippen LogP contribution in [0, 0.1) is 0 Å². The molecular weight excluding hydrogens is 340 g/mol. The number of carbonyl (C=O) groups excluding carboxylic acids is 2. The van der Waals surface area contributed by atoms with Gasteiger partial charge in [-0.25, -0.2) is 0 Å². The summed E-state index contributed by atoms with van der Waals surface area (Å²) in [6.45, 7) is 0.543. The zero-order chi connectivity index (χ0) is 17.8. The summed E-state index contributed by atoms with van der Waals surface area (Å²) in [5.41, 5.74) is 1.82. The van der Waals surface area contributed by atoms with E-state index < -0.39 is 0 Å². The molecule has 3 rings (SSSR count). The minimum absolute atomic E-state index is 0.0156. The zero-order valence-electron chi connectivity index (χ0n) is 13.6. The third kappa shape index (κ3) is 4.51. The molecule has 1 aliphatic heterocycles. The van der Waals surface area contributed by atoms with Crippen molar-refractivity contribution in [2.75, 3.05) is 13.1 Å². The van der Waals surface area contributed by atoms with Gasteiger partial charge < -0.3 is 15.3 Å². The fourth-order valence-electron chi connectivity index (χ4n) is 2.97. The van der Waals surface area contributed by atoms with Gasteiger partial charge in [0.2, 0.25) is 11.8 Å². The highest BCUT2D eigenvalue weighted by atomic mass is 35.5. The topological polar surface area (TPSA) is 69.6 Å². The molecule has 0 bridgehead atoms. The average molecular weight is 359 g/mol. The van der Waals surface area contributed by atoms with Gasteiger partial charge in [0.15, 0.2) is 0 Å². The number of amides is 2. The second-order valence-electron chi connectivity index (χ2n) is 6.19. The SMILES string of the molecule is O=C1CN(C(=O)Cc2ccc(O)c(Cl)c2)C[C@H](Cc2ccccc2)N1. The molecule has 130 valence electrons. The van der Waals surface area contributed by atoms with E-state index in [4.69, 9.17) is 11.6 Å². The molecule has 0 spiro atoms. The third-order valence-corrected chi connectivity index (χ3v) is 4.49. The number of nitrogens with zero attached hydrogens (tertiary/aromatic N) is 1. The third-order valence-electron chi connectivity index (χ3n) is 4.19. The molecular formula is C19H19ClN2O3. The smallest absolute Gasteiger partial charge is 0.239 e. The van der Waals surface area contributed by atoms with Crippen LogP contribution in [-0.2, 0) is 22.4 Å². The maximum atomic E-state index is 12.5. The molecule has 0 aliphatic carbocycles. The van der Waals surface area contributed by atoms with Crippen LogP contribution in [0.4, 0.5) is 0 Å². The van der Waals surface area contributed by atoms with E-state index in [1.54, 1.807) is 17.0 Å². The van der Waals surface area contributed by atoms with Crippen molar-refractivity contribution in [3.8, 4) is 5.75 Å². The number of carbonyl (C=O) groups is 2. The summed E-state index contributed by atoms with van der Waals surface area (Å²) in [4.78, 5) is 26.1. The van der Waals surface area contributed by atoms with Gasteiger partial charge in [0.25, 0.3) is 0 Å². The van der Waals surface area contributed by atoms with E-state index in [-0.39, 0.29) is 41.6 Å². The molecule has 1 aliphatic rings. The van der Waals surface area contributed by atoms with Crippen molar-refractivity contribution in [3.63, 3.8) is 0 Å². The predicted octanol–water partition coefficient (Wildman–Crippen LogP) is 2.16. The molecule has 1 fully saturated rings. The van der Waals surface area contributed by atoms with Crippen molar-refractivity contribution < 1.29 is 14.7 Å². The number of rotatable bonds is 4. The second kappa shape index (κ2) is 7.57. The summed E-state index contributed by atoms with van der Waals surface area (Å²) in [7, 11) is 0.